The zero-order valence-corrected chi connectivity index (χ0v) is 23.5. The molecule has 1 saturated heterocycles. The minimum absolute atomic E-state index is 0.193. The molecule has 2 atom stereocenters. The van der Waals surface area contributed by atoms with E-state index in [4.69, 9.17) is 4.74 Å². The highest BCUT2D eigenvalue weighted by Crippen LogP contribution is 2.33. The van der Waals surface area contributed by atoms with Crippen molar-refractivity contribution in [1.29, 1.82) is 0 Å². The molecule has 0 aliphatic carbocycles. The van der Waals surface area contributed by atoms with Crippen molar-refractivity contribution in [2.24, 2.45) is 0 Å². The Labute approximate surface area is 230 Å². The van der Waals surface area contributed by atoms with Gasteiger partial charge in [0.25, 0.3) is 0 Å². The lowest BCUT2D eigenvalue weighted by atomic mass is 9.93. The van der Waals surface area contributed by atoms with E-state index in [2.05, 4.69) is 16.8 Å². The Morgan fingerprint density at radius 2 is 1.90 bits per heavy atom. The van der Waals surface area contributed by atoms with Gasteiger partial charge in [-0.2, -0.15) is 4.31 Å². The number of piperazine rings is 1. The van der Waals surface area contributed by atoms with Crippen molar-refractivity contribution in [3.63, 3.8) is 0 Å². The zero-order chi connectivity index (χ0) is 28.2. The first kappa shape index (κ1) is 28.5. The fourth-order valence-electron chi connectivity index (χ4n) is 5.20. The number of nitrogens with one attached hydrogen (secondary N) is 1. The van der Waals surface area contributed by atoms with Gasteiger partial charge in [-0.25, -0.2) is 18.0 Å². The average molecular weight is 553 g/mol. The third-order valence-electron chi connectivity index (χ3n) is 6.99. The second-order valence-electron chi connectivity index (χ2n) is 9.79. The molecule has 2 heterocycles. The number of ether oxygens (including phenoxy) is 1. The molecule has 10 heteroatoms. The predicted octanol–water partition coefficient (Wildman–Crippen LogP) is 3.46. The summed E-state index contributed by atoms with van der Waals surface area (Å²) in [4.78, 5) is 30.6. The smallest absolute Gasteiger partial charge is 0.338 e. The summed E-state index contributed by atoms with van der Waals surface area (Å²) in [5.74, 6) is -0.494. The maximum Gasteiger partial charge on any atom is 0.338 e. The Bertz CT molecular complexity index is 1360. The van der Waals surface area contributed by atoms with Crippen molar-refractivity contribution in [3.8, 4) is 0 Å². The van der Waals surface area contributed by atoms with Gasteiger partial charge in [0.15, 0.2) is 0 Å². The van der Waals surface area contributed by atoms with Crippen molar-refractivity contribution >= 4 is 22.0 Å². The van der Waals surface area contributed by atoms with E-state index in [9.17, 15) is 18.0 Å². The fraction of sp³-hybridized carbons (Fsp3) is 0.379. The van der Waals surface area contributed by atoms with Crippen LogP contribution in [0.4, 0.5) is 4.79 Å². The second-order valence-corrected chi connectivity index (χ2v) is 11.7. The summed E-state index contributed by atoms with van der Waals surface area (Å²) in [6.07, 6.45) is 1.61. The van der Waals surface area contributed by atoms with Crippen LogP contribution in [0.25, 0.3) is 0 Å². The molecule has 9 nitrogen and oxygen atoms in total. The van der Waals surface area contributed by atoms with Gasteiger partial charge in [0.2, 0.25) is 10.0 Å². The molecular formula is C29H36N4O5S. The minimum Gasteiger partial charge on any atom is -0.463 e. The number of urea groups is 1. The number of aryl methyl sites for hydroxylation is 1. The monoisotopic (exact) mass is 552 g/mol. The fourth-order valence-corrected chi connectivity index (χ4v) is 6.84. The Hall–Kier alpha value is -3.47. The molecule has 2 aliphatic rings. The van der Waals surface area contributed by atoms with E-state index in [0.717, 1.165) is 11.1 Å². The largest absolute Gasteiger partial charge is 0.463 e. The van der Waals surface area contributed by atoms with Crippen LogP contribution in [0.5, 0.6) is 0 Å². The van der Waals surface area contributed by atoms with Crippen molar-refractivity contribution in [2.45, 2.75) is 37.8 Å². The Balaban J connectivity index is 1.68. The molecule has 4 rings (SSSR count). The highest BCUT2D eigenvalue weighted by Gasteiger charge is 2.40. The predicted molar refractivity (Wildman–Crippen MR) is 149 cm³/mol. The summed E-state index contributed by atoms with van der Waals surface area (Å²) in [6, 6.07) is 14.8. The normalized spacial score (nSPS) is 21.0. The van der Waals surface area contributed by atoms with E-state index in [-0.39, 0.29) is 43.2 Å². The van der Waals surface area contributed by atoms with E-state index in [0.29, 0.717) is 24.4 Å². The topological polar surface area (TPSA) is 99.3 Å². The van der Waals surface area contributed by atoms with Gasteiger partial charge in [-0.3, -0.25) is 9.80 Å². The van der Waals surface area contributed by atoms with Gasteiger partial charge in [-0.1, -0.05) is 54.1 Å². The van der Waals surface area contributed by atoms with Gasteiger partial charge < -0.3 is 10.1 Å². The summed E-state index contributed by atoms with van der Waals surface area (Å²) in [6.45, 7) is 11.2. The molecule has 0 radical (unpaired) electrons. The molecule has 208 valence electrons. The standard InChI is InChI=1S/C29H36N4O5S/c1-5-15-32-25(20-31-16-17-33(22(4)19-31)39(36,37)24-13-8-7-9-14-24)26(28(34)38-6-2)27(30-29(32)35)23-12-10-11-21(3)18-23/h5,7-14,18,22,27H,1,6,15-17,19-20H2,2-4H3,(H,30,35). The Morgan fingerprint density at radius 1 is 1.15 bits per heavy atom. The molecule has 0 bridgehead atoms. The summed E-state index contributed by atoms with van der Waals surface area (Å²) < 4.78 is 33.5. The van der Waals surface area contributed by atoms with E-state index in [1.54, 1.807) is 43.3 Å². The summed E-state index contributed by atoms with van der Waals surface area (Å²) in [7, 11) is -3.64. The molecule has 1 N–H and O–H groups in total. The molecule has 2 aromatic carbocycles. The van der Waals surface area contributed by atoms with Crippen molar-refractivity contribution < 1.29 is 22.7 Å². The number of benzene rings is 2. The summed E-state index contributed by atoms with van der Waals surface area (Å²) >= 11 is 0. The zero-order valence-electron chi connectivity index (χ0n) is 22.7. The van der Waals surface area contributed by atoms with Gasteiger partial charge >= 0.3 is 12.0 Å². The first-order chi connectivity index (χ1) is 18.7. The maximum atomic E-state index is 13.4. The van der Waals surface area contributed by atoms with Crippen LogP contribution in [-0.2, 0) is 19.6 Å². The van der Waals surface area contributed by atoms with Crippen molar-refractivity contribution in [1.82, 2.24) is 19.4 Å². The number of carbonyl (C=O) groups excluding carboxylic acids is 2. The van der Waals surface area contributed by atoms with Crippen LogP contribution in [0.3, 0.4) is 0 Å². The number of hydrogen-bond donors (Lipinski definition) is 1. The Morgan fingerprint density at radius 3 is 2.54 bits per heavy atom. The SMILES string of the molecule is C=CCN1C(=O)NC(c2cccc(C)c2)C(C(=O)OCC)=C1CN1CCN(S(=O)(=O)c2ccccc2)C(C)C1. The molecule has 2 aliphatic heterocycles. The van der Waals surface area contributed by atoms with Crippen LogP contribution < -0.4 is 5.32 Å². The summed E-state index contributed by atoms with van der Waals surface area (Å²) in [5.41, 5.74) is 2.70. The first-order valence-corrected chi connectivity index (χ1v) is 14.6. The minimum atomic E-state index is -3.64. The Kier molecular flexibility index (Phi) is 8.89. The third-order valence-corrected chi connectivity index (χ3v) is 9.02. The number of sulfonamides is 1. The molecule has 1 fully saturated rings. The molecule has 0 spiro atoms. The van der Waals surface area contributed by atoms with Crippen LogP contribution in [0.15, 0.2) is 83.4 Å². The van der Waals surface area contributed by atoms with Crippen LogP contribution in [0.1, 0.15) is 31.0 Å². The second kappa shape index (κ2) is 12.1. The lowest BCUT2D eigenvalue weighted by Crippen LogP contribution is -2.56. The van der Waals surface area contributed by atoms with Crippen molar-refractivity contribution in [2.75, 3.05) is 39.3 Å². The molecule has 0 saturated carbocycles. The van der Waals surface area contributed by atoms with E-state index >= 15 is 0 Å². The van der Waals surface area contributed by atoms with Crippen LogP contribution in [0, 0.1) is 6.92 Å². The van der Waals surface area contributed by atoms with E-state index < -0.39 is 22.0 Å². The number of carbonyl (C=O) groups is 2. The van der Waals surface area contributed by atoms with Gasteiger partial charge in [0.05, 0.1) is 23.1 Å². The van der Waals surface area contributed by atoms with Gasteiger partial charge in [-0.15, -0.1) is 6.58 Å². The lowest BCUT2D eigenvalue weighted by molar-refractivity contribution is -0.139. The van der Waals surface area contributed by atoms with Crippen LogP contribution in [0.2, 0.25) is 0 Å². The molecule has 0 aromatic heterocycles. The third kappa shape index (κ3) is 6.08. The lowest BCUT2D eigenvalue weighted by Gasteiger charge is -2.42. The van der Waals surface area contributed by atoms with Gasteiger partial charge in [0.1, 0.15) is 0 Å². The average Bonchev–Trinajstić information content (AvgIpc) is 2.91. The molecule has 2 amide bonds. The summed E-state index contributed by atoms with van der Waals surface area (Å²) in [5, 5.41) is 2.98. The van der Waals surface area contributed by atoms with Crippen LogP contribution in [-0.4, -0.2) is 79.9 Å². The number of amides is 2. The molecule has 2 unspecified atom stereocenters. The van der Waals surface area contributed by atoms with Crippen LogP contribution >= 0.6 is 0 Å². The molecular weight excluding hydrogens is 516 g/mol. The number of nitrogens with zero attached hydrogens (tertiary/aromatic N) is 3. The first-order valence-electron chi connectivity index (χ1n) is 13.1. The molecule has 39 heavy (non-hydrogen) atoms. The van der Waals surface area contributed by atoms with Gasteiger partial charge in [-0.05, 0) is 38.5 Å². The van der Waals surface area contributed by atoms with E-state index in [1.165, 1.54) is 9.21 Å². The highest BCUT2D eigenvalue weighted by atomic mass is 32.2. The van der Waals surface area contributed by atoms with Gasteiger partial charge in [0, 0.05) is 44.5 Å². The number of esters is 1. The number of rotatable bonds is 9. The highest BCUT2D eigenvalue weighted by molar-refractivity contribution is 7.89. The maximum absolute atomic E-state index is 13.4. The van der Waals surface area contributed by atoms with E-state index in [1.807, 2.05) is 38.1 Å². The quantitative estimate of drug-likeness (QED) is 0.378. The van der Waals surface area contributed by atoms with Crippen molar-refractivity contribution in [3.05, 3.63) is 89.6 Å². The molecule has 2 aromatic rings. The number of hydrogen-bond acceptors (Lipinski definition) is 6.